The van der Waals surface area contributed by atoms with Crippen LogP contribution < -0.4 is 5.32 Å². The Morgan fingerprint density at radius 1 is 0.353 bits per heavy atom. The predicted octanol–water partition coefficient (Wildman–Crippen LogP) is 14.0. The Labute approximate surface area is 303 Å². The minimum absolute atomic E-state index is 0.853. The number of fused-ring (bicyclic) bond motifs is 3. The standard InChI is InChI=1S/C48H33NOS/c51-46-21-5-4-16-41(46)36-28-26-35(27-29-36)38-13-7-15-40(31-38)49-43-18-9-20-45-48(43)47-42(17-8-19-44(47)50-45)39-14-6-12-37(30-39)34-24-22-33(23-25-34)32-10-2-1-3-11-32/h1-31,49,51H. The van der Waals surface area contributed by atoms with Gasteiger partial charge < -0.3 is 9.73 Å². The molecule has 9 aromatic rings. The Kier molecular flexibility index (Phi) is 7.96. The highest BCUT2D eigenvalue weighted by atomic mass is 32.1. The number of anilines is 2. The fraction of sp³-hybridized carbons (Fsp3) is 0. The fourth-order valence-electron chi connectivity index (χ4n) is 7.06. The van der Waals surface area contributed by atoms with Crippen molar-refractivity contribution in [2.45, 2.75) is 4.90 Å². The molecule has 0 fully saturated rings. The molecule has 0 spiro atoms. The van der Waals surface area contributed by atoms with E-state index in [9.17, 15) is 0 Å². The van der Waals surface area contributed by atoms with Gasteiger partial charge in [-0.3, -0.25) is 0 Å². The molecule has 0 amide bonds. The van der Waals surface area contributed by atoms with Crippen molar-refractivity contribution < 1.29 is 4.42 Å². The lowest BCUT2D eigenvalue weighted by Gasteiger charge is -2.12. The highest BCUT2D eigenvalue weighted by Gasteiger charge is 2.16. The highest BCUT2D eigenvalue weighted by Crippen LogP contribution is 2.42. The third-order valence-corrected chi connectivity index (χ3v) is 9.99. The number of hydrogen-bond acceptors (Lipinski definition) is 3. The molecule has 242 valence electrons. The highest BCUT2D eigenvalue weighted by molar-refractivity contribution is 7.80. The van der Waals surface area contributed by atoms with Crippen molar-refractivity contribution in [3.8, 4) is 55.6 Å². The average Bonchev–Trinajstić information content (AvgIpc) is 3.59. The molecule has 0 radical (unpaired) electrons. The lowest BCUT2D eigenvalue weighted by atomic mass is 9.94. The lowest BCUT2D eigenvalue weighted by Crippen LogP contribution is -1.92. The minimum Gasteiger partial charge on any atom is -0.456 e. The molecule has 8 aromatic carbocycles. The van der Waals surface area contributed by atoms with Crippen LogP contribution in [0.25, 0.3) is 77.6 Å². The van der Waals surface area contributed by atoms with E-state index in [0.29, 0.717) is 0 Å². The summed E-state index contributed by atoms with van der Waals surface area (Å²) in [6, 6.07) is 66.2. The summed E-state index contributed by atoms with van der Waals surface area (Å²) in [6.07, 6.45) is 0. The number of furan rings is 1. The van der Waals surface area contributed by atoms with Gasteiger partial charge in [0, 0.05) is 16.0 Å². The SMILES string of the molecule is Sc1ccccc1-c1ccc(-c2cccc(Nc3cccc4oc5cccc(-c6cccc(-c7ccc(-c8ccccc8)cc7)c6)c5c34)c2)cc1. The second kappa shape index (κ2) is 13.2. The van der Waals surface area contributed by atoms with E-state index >= 15 is 0 Å². The first-order valence-corrected chi connectivity index (χ1v) is 17.6. The van der Waals surface area contributed by atoms with Crippen molar-refractivity contribution in [3.63, 3.8) is 0 Å². The summed E-state index contributed by atoms with van der Waals surface area (Å²) in [6.45, 7) is 0. The maximum Gasteiger partial charge on any atom is 0.137 e. The smallest absolute Gasteiger partial charge is 0.137 e. The van der Waals surface area contributed by atoms with E-state index in [1.54, 1.807) is 0 Å². The van der Waals surface area contributed by atoms with Gasteiger partial charge in [-0.25, -0.2) is 0 Å². The van der Waals surface area contributed by atoms with E-state index in [2.05, 4.69) is 182 Å². The summed E-state index contributed by atoms with van der Waals surface area (Å²) in [4.78, 5) is 0.974. The topological polar surface area (TPSA) is 25.2 Å². The molecular weight excluding hydrogens is 639 g/mol. The van der Waals surface area contributed by atoms with E-state index in [1.165, 1.54) is 22.3 Å². The molecular formula is C48H33NOS. The summed E-state index contributed by atoms with van der Waals surface area (Å²) >= 11 is 4.65. The van der Waals surface area contributed by atoms with Crippen molar-refractivity contribution in [1.29, 1.82) is 0 Å². The summed E-state index contributed by atoms with van der Waals surface area (Å²) in [5.41, 5.74) is 15.4. The molecule has 0 bridgehead atoms. The number of rotatable bonds is 7. The zero-order valence-electron chi connectivity index (χ0n) is 27.8. The maximum atomic E-state index is 6.47. The molecule has 3 heteroatoms. The van der Waals surface area contributed by atoms with Gasteiger partial charge in [-0.05, 0) is 98.1 Å². The van der Waals surface area contributed by atoms with Crippen LogP contribution in [0, 0.1) is 0 Å². The van der Waals surface area contributed by atoms with Crippen molar-refractivity contribution in [2.24, 2.45) is 0 Å². The minimum atomic E-state index is 0.853. The molecule has 2 nitrogen and oxygen atoms in total. The predicted molar refractivity (Wildman–Crippen MR) is 218 cm³/mol. The number of benzene rings is 8. The van der Waals surface area contributed by atoms with Crippen LogP contribution in [0.2, 0.25) is 0 Å². The second-order valence-electron chi connectivity index (χ2n) is 12.8. The van der Waals surface area contributed by atoms with Crippen LogP contribution in [0.4, 0.5) is 11.4 Å². The van der Waals surface area contributed by atoms with Gasteiger partial charge in [0.05, 0.1) is 11.1 Å². The summed E-state index contributed by atoms with van der Waals surface area (Å²) in [7, 11) is 0. The molecule has 0 unspecified atom stereocenters. The molecule has 0 aliphatic carbocycles. The van der Waals surface area contributed by atoms with Gasteiger partial charge in [0.2, 0.25) is 0 Å². The van der Waals surface area contributed by atoms with Gasteiger partial charge >= 0.3 is 0 Å². The molecule has 9 rings (SSSR count). The lowest BCUT2D eigenvalue weighted by molar-refractivity contribution is 0.669. The maximum absolute atomic E-state index is 6.47. The van der Waals surface area contributed by atoms with Gasteiger partial charge in [0.1, 0.15) is 11.2 Å². The van der Waals surface area contributed by atoms with Crippen LogP contribution in [-0.4, -0.2) is 0 Å². The van der Waals surface area contributed by atoms with Crippen LogP contribution >= 0.6 is 12.6 Å². The van der Waals surface area contributed by atoms with Crippen LogP contribution in [0.5, 0.6) is 0 Å². The number of hydrogen-bond donors (Lipinski definition) is 2. The van der Waals surface area contributed by atoms with E-state index < -0.39 is 0 Å². The van der Waals surface area contributed by atoms with Crippen molar-refractivity contribution >= 4 is 45.9 Å². The van der Waals surface area contributed by atoms with Gasteiger partial charge in [0.25, 0.3) is 0 Å². The van der Waals surface area contributed by atoms with Crippen molar-refractivity contribution in [3.05, 3.63) is 188 Å². The fourth-order valence-corrected chi connectivity index (χ4v) is 7.35. The van der Waals surface area contributed by atoms with Gasteiger partial charge in [0.15, 0.2) is 0 Å². The zero-order valence-corrected chi connectivity index (χ0v) is 28.6. The Bertz CT molecular complexity index is 2660. The molecule has 0 aliphatic rings. The van der Waals surface area contributed by atoms with Crippen LogP contribution in [-0.2, 0) is 0 Å². The van der Waals surface area contributed by atoms with E-state index in [1.807, 2.05) is 24.3 Å². The Morgan fingerprint density at radius 3 is 1.61 bits per heavy atom. The van der Waals surface area contributed by atoms with Gasteiger partial charge in [-0.2, -0.15) is 0 Å². The molecule has 1 heterocycles. The number of nitrogens with one attached hydrogen (secondary N) is 1. The van der Waals surface area contributed by atoms with E-state index in [-0.39, 0.29) is 0 Å². The largest absolute Gasteiger partial charge is 0.456 e. The Balaban J connectivity index is 1.06. The molecule has 1 N–H and O–H groups in total. The van der Waals surface area contributed by atoms with Gasteiger partial charge in [-0.15, -0.1) is 12.6 Å². The first-order chi connectivity index (χ1) is 25.2. The normalized spacial score (nSPS) is 11.2. The molecule has 51 heavy (non-hydrogen) atoms. The summed E-state index contributed by atoms with van der Waals surface area (Å²) < 4.78 is 6.47. The molecule has 0 saturated heterocycles. The summed E-state index contributed by atoms with van der Waals surface area (Å²) in [5, 5.41) is 5.92. The van der Waals surface area contributed by atoms with Crippen LogP contribution in [0.15, 0.2) is 197 Å². The van der Waals surface area contributed by atoms with Gasteiger partial charge in [-0.1, -0.05) is 146 Å². The third-order valence-electron chi connectivity index (χ3n) is 9.60. The Morgan fingerprint density at radius 2 is 0.863 bits per heavy atom. The van der Waals surface area contributed by atoms with E-state index in [0.717, 1.165) is 71.6 Å². The van der Waals surface area contributed by atoms with Crippen molar-refractivity contribution in [2.75, 3.05) is 5.32 Å². The second-order valence-corrected chi connectivity index (χ2v) is 13.3. The summed E-state index contributed by atoms with van der Waals surface area (Å²) in [5.74, 6) is 0. The Hall–Kier alpha value is -6.29. The first-order valence-electron chi connectivity index (χ1n) is 17.1. The molecule has 0 atom stereocenters. The monoisotopic (exact) mass is 671 g/mol. The zero-order chi connectivity index (χ0) is 34.1. The first kappa shape index (κ1) is 30.7. The van der Waals surface area contributed by atoms with Crippen LogP contribution in [0.3, 0.4) is 0 Å². The molecule has 0 saturated carbocycles. The van der Waals surface area contributed by atoms with E-state index in [4.69, 9.17) is 4.42 Å². The third kappa shape index (κ3) is 5.99. The van der Waals surface area contributed by atoms with Crippen molar-refractivity contribution in [1.82, 2.24) is 0 Å². The quantitative estimate of drug-likeness (QED) is 0.165. The average molecular weight is 672 g/mol. The molecule has 1 aromatic heterocycles. The van der Waals surface area contributed by atoms with Crippen LogP contribution in [0.1, 0.15) is 0 Å². The molecule has 0 aliphatic heterocycles. The number of thiol groups is 1.